The number of benzene rings is 1. The van der Waals surface area contributed by atoms with E-state index in [2.05, 4.69) is 9.97 Å². The fourth-order valence-electron chi connectivity index (χ4n) is 2.48. The van der Waals surface area contributed by atoms with Crippen LogP contribution in [0.15, 0.2) is 31.0 Å². The molecule has 3 aromatic rings. The third kappa shape index (κ3) is 2.30. The molecular formula is C15H16N4O3. The Morgan fingerprint density at radius 3 is 2.82 bits per heavy atom. The standard InChI is InChI=1S/C15H16N4O3/c1-3-18-8-16-6-11(18)7-19-9-17-14-12(19)4-10(15(20)21)5-13(14)22-2/h4-6,8-9H,3,7H2,1-2H3,(H,20,21). The monoisotopic (exact) mass is 300 g/mol. The van der Waals surface area contributed by atoms with Gasteiger partial charge in [-0.1, -0.05) is 0 Å². The highest BCUT2D eigenvalue weighted by Gasteiger charge is 2.14. The molecule has 3 rings (SSSR count). The lowest BCUT2D eigenvalue weighted by molar-refractivity contribution is 0.0696. The Kier molecular flexibility index (Phi) is 3.54. The molecular weight excluding hydrogens is 284 g/mol. The predicted molar refractivity (Wildman–Crippen MR) is 80.2 cm³/mol. The van der Waals surface area contributed by atoms with Crippen LogP contribution < -0.4 is 4.74 Å². The van der Waals surface area contributed by atoms with Gasteiger partial charge in [0.05, 0.1) is 43.1 Å². The molecule has 2 heterocycles. The van der Waals surface area contributed by atoms with Crippen LogP contribution in [0.4, 0.5) is 0 Å². The molecule has 114 valence electrons. The zero-order chi connectivity index (χ0) is 15.7. The highest BCUT2D eigenvalue weighted by Crippen LogP contribution is 2.27. The van der Waals surface area contributed by atoms with Gasteiger partial charge >= 0.3 is 5.97 Å². The van der Waals surface area contributed by atoms with Crippen molar-refractivity contribution < 1.29 is 14.6 Å². The zero-order valence-electron chi connectivity index (χ0n) is 12.4. The first-order valence-electron chi connectivity index (χ1n) is 6.89. The van der Waals surface area contributed by atoms with E-state index in [-0.39, 0.29) is 5.56 Å². The van der Waals surface area contributed by atoms with Crippen LogP contribution in [0.2, 0.25) is 0 Å². The molecule has 0 radical (unpaired) electrons. The average molecular weight is 300 g/mol. The van der Waals surface area contributed by atoms with Gasteiger partial charge in [-0.05, 0) is 19.1 Å². The Balaban J connectivity index is 2.10. The third-order valence-corrected chi connectivity index (χ3v) is 3.63. The smallest absolute Gasteiger partial charge is 0.335 e. The van der Waals surface area contributed by atoms with Gasteiger partial charge in [0.2, 0.25) is 0 Å². The van der Waals surface area contributed by atoms with Crippen molar-refractivity contribution in [1.82, 2.24) is 19.1 Å². The quantitative estimate of drug-likeness (QED) is 0.779. The molecule has 0 bridgehead atoms. The number of aryl methyl sites for hydroxylation is 1. The van der Waals surface area contributed by atoms with Crippen molar-refractivity contribution in [3.63, 3.8) is 0 Å². The predicted octanol–water partition coefficient (Wildman–Crippen LogP) is 2.01. The van der Waals surface area contributed by atoms with Crippen LogP contribution >= 0.6 is 0 Å². The summed E-state index contributed by atoms with van der Waals surface area (Å²) in [4.78, 5) is 19.7. The molecule has 0 spiro atoms. The Morgan fingerprint density at radius 1 is 1.32 bits per heavy atom. The van der Waals surface area contributed by atoms with E-state index in [0.29, 0.717) is 17.8 Å². The number of methoxy groups -OCH3 is 1. The van der Waals surface area contributed by atoms with E-state index in [4.69, 9.17) is 4.74 Å². The minimum Gasteiger partial charge on any atom is -0.494 e. The maximum Gasteiger partial charge on any atom is 0.335 e. The average Bonchev–Trinajstić information content (AvgIpc) is 3.13. The minimum atomic E-state index is -0.994. The fourth-order valence-corrected chi connectivity index (χ4v) is 2.48. The molecule has 1 N–H and O–H groups in total. The molecule has 7 nitrogen and oxygen atoms in total. The van der Waals surface area contributed by atoms with Gasteiger partial charge in [-0.15, -0.1) is 0 Å². The van der Waals surface area contributed by atoms with Crippen molar-refractivity contribution in [3.05, 3.63) is 42.2 Å². The second-order valence-corrected chi connectivity index (χ2v) is 4.89. The van der Waals surface area contributed by atoms with Gasteiger partial charge in [-0.2, -0.15) is 0 Å². The Morgan fingerprint density at radius 2 is 2.14 bits per heavy atom. The fraction of sp³-hybridized carbons (Fsp3) is 0.267. The largest absolute Gasteiger partial charge is 0.494 e. The van der Waals surface area contributed by atoms with Crippen LogP contribution in [-0.4, -0.2) is 37.3 Å². The van der Waals surface area contributed by atoms with Crippen LogP contribution in [0.1, 0.15) is 23.0 Å². The van der Waals surface area contributed by atoms with Crippen LogP contribution in [0.5, 0.6) is 5.75 Å². The molecule has 22 heavy (non-hydrogen) atoms. The Labute approximate surface area is 126 Å². The molecule has 0 amide bonds. The summed E-state index contributed by atoms with van der Waals surface area (Å²) in [6.07, 6.45) is 5.26. The van der Waals surface area contributed by atoms with E-state index < -0.39 is 5.97 Å². The SMILES string of the molecule is CCn1cncc1Cn1cnc2c(OC)cc(C(=O)O)cc21. The van der Waals surface area contributed by atoms with Gasteiger partial charge in [0.1, 0.15) is 11.3 Å². The Hall–Kier alpha value is -2.83. The minimum absolute atomic E-state index is 0.176. The van der Waals surface area contributed by atoms with Gasteiger partial charge in [-0.3, -0.25) is 0 Å². The number of aromatic carboxylic acids is 1. The number of rotatable bonds is 5. The number of carboxylic acid groups (broad SMARTS) is 1. The number of carbonyl (C=O) groups is 1. The van der Waals surface area contributed by atoms with Crippen molar-refractivity contribution in [2.24, 2.45) is 0 Å². The number of fused-ring (bicyclic) bond motifs is 1. The lowest BCUT2D eigenvalue weighted by Crippen LogP contribution is -2.06. The zero-order valence-corrected chi connectivity index (χ0v) is 12.4. The van der Waals surface area contributed by atoms with Gasteiger partial charge in [0.15, 0.2) is 0 Å². The summed E-state index contributed by atoms with van der Waals surface area (Å²) in [5, 5.41) is 9.23. The number of imidazole rings is 2. The van der Waals surface area contributed by atoms with E-state index >= 15 is 0 Å². The maximum atomic E-state index is 11.3. The summed E-state index contributed by atoms with van der Waals surface area (Å²) >= 11 is 0. The van der Waals surface area contributed by atoms with Gasteiger partial charge in [0.25, 0.3) is 0 Å². The molecule has 0 saturated heterocycles. The third-order valence-electron chi connectivity index (χ3n) is 3.63. The molecule has 0 aliphatic rings. The van der Waals surface area contributed by atoms with Crippen molar-refractivity contribution in [1.29, 1.82) is 0 Å². The Bertz CT molecular complexity index is 835. The van der Waals surface area contributed by atoms with E-state index in [9.17, 15) is 9.90 Å². The van der Waals surface area contributed by atoms with Crippen LogP contribution in [-0.2, 0) is 13.1 Å². The van der Waals surface area contributed by atoms with Gasteiger partial charge in [-0.25, -0.2) is 14.8 Å². The van der Waals surface area contributed by atoms with E-state index in [1.807, 2.05) is 16.1 Å². The topological polar surface area (TPSA) is 82.2 Å². The van der Waals surface area contributed by atoms with Crippen molar-refractivity contribution in [2.75, 3.05) is 7.11 Å². The highest BCUT2D eigenvalue weighted by molar-refractivity contribution is 5.95. The molecule has 7 heteroatoms. The molecule has 0 fully saturated rings. The molecule has 0 unspecified atom stereocenters. The second kappa shape index (κ2) is 5.51. The van der Waals surface area contributed by atoms with Gasteiger partial charge < -0.3 is 19.0 Å². The summed E-state index contributed by atoms with van der Waals surface area (Å²) in [7, 11) is 1.51. The van der Waals surface area contributed by atoms with Crippen molar-refractivity contribution >= 4 is 17.0 Å². The first-order chi connectivity index (χ1) is 10.6. The lowest BCUT2D eigenvalue weighted by atomic mass is 10.2. The number of nitrogens with zero attached hydrogens (tertiary/aromatic N) is 4. The molecule has 0 aliphatic carbocycles. The van der Waals surface area contributed by atoms with Gasteiger partial charge in [0, 0.05) is 12.7 Å². The van der Waals surface area contributed by atoms with Crippen molar-refractivity contribution in [3.8, 4) is 5.75 Å². The van der Waals surface area contributed by atoms with Crippen LogP contribution in [0, 0.1) is 0 Å². The summed E-state index contributed by atoms with van der Waals surface area (Å²) in [5.74, 6) is -0.538. The molecule has 0 saturated carbocycles. The normalized spacial score (nSPS) is 11.0. The van der Waals surface area contributed by atoms with E-state index in [1.165, 1.54) is 13.2 Å². The van der Waals surface area contributed by atoms with E-state index in [1.54, 1.807) is 24.9 Å². The van der Waals surface area contributed by atoms with Crippen LogP contribution in [0.25, 0.3) is 11.0 Å². The number of carboxylic acids is 1. The first-order valence-corrected chi connectivity index (χ1v) is 6.89. The van der Waals surface area contributed by atoms with E-state index in [0.717, 1.165) is 17.8 Å². The highest BCUT2D eigenvalue weighted by atomic mass is 16.5. The maximum absolute atomic E-state index is 11.3. The number of hydrogen-bond acceptors (Lipinski definition) is 4. The number of ether oxygens (including phenoxy) is 1. The molecule has 2 aromatic heterocycles. The summed E-state index contributed by atoms with van der Waals surface area (Å²) in [6.45, 7) is 3.44. The molecule has 0 atom stereocenters. The van der Waals surface area contributed by atoms with Crippen molar-refractivity contribution in [2.45, 2.75) is 20.0 Å². The number of hydrogen-bond donors (Lipinski definition) is 1. The molecule has 1 aromatic carbocycles. The first kappa shape index (κ1) is 14.1. The molecule has 0 aliphatic heterocycles. The summed E-state index contributed by atoms with van der Waals surface area (Å²) < 4.78 is 9.18. The lowest BCUT2D eigenvalue weighted by Gasteiger charge is -2.08. The summed E-state index contributed by atoms with van der Waals surface area (Å²) in [6, 6.07) is 3.10. The second-order valence-electron chi connectivity index (χ2n) is 4.89. The summed E-state index contributed by atoms with van der Waals surface area (Å²) in [5.41, 5.74) is 2.58. The van der Waals surface area contributed by atoms with Crippen LogP contribution in [0.3, 0.4) is 0 Å². The number of aromatic nitrogens is 4.